The van der Waals surface area contributed by atoms with Crippen LogP contribution in [0.1, 0.15) is 22.8 Å². The summed E-state index contributed by atoms with van der Waals surface area (Å²) in [6, 6.07) is 17.8. The van der Waals surface area contributed by atoms with Gasteiger partial charge in [0.15, 0.2) is 11.5 Å². The third kappa shape index (κ3) is 5.77. The number of hydrogen-bond acceptors (Lipinski definition) is 5. The van der Waals surface area contributed by atoms with E-state index in [9.17, 15) is 13.2 Å². The number of benzene rings is 3. The van der Waals surface area contributed by atoms with E-state index in [4.69, 9.17) is 21.1 Å². The fraction of sp³-hybridized carbons (Fsp3) is 0.208. The number of anilines is 1. The number of rotatable bonds is 9. The summed E-state index contributed by atoms with van der Waals surface area (Å²) in [7, 11) is -0.901. The van der Waals surface area contributed by atoms with Gasteiger partial charge in [-0.25, -0.2) is 8.42 Å². The number of hydrogen-bond donors (Lipinski definition) is 1. The van der Waals surface area contributed by atoms with Crippen molar-refractivity contribution >= 4 is 33.2 Å². The fourth-order valence-corrected chi connectivity index (χ4v) is 4.57. The Balaban J connectivity index is 1.75. The number of ether oxygens (including phenoxy) is 2. The van der Waals surface area contributed by atoms with E-state index in [2.05, 4.69) is 5.32 Å². The van der Waals surface area contributed by atoms with Crippen LogP contribution in [0, 0.1) is 0 Å². The first kappa shape index (κ1) is 24.4. The standard InChI is InChI=1S/C24H25ClN2O5S/c1-4-32-22-12-11-17(13-23(22)31-3)16-26-24(28)18-7-5-10-21(14-18)33(29,30)27(2)20-9-6-8-19(25)15-20/h5-15H,4,16H2,1-3H3,(H,26,28). The molecule has 3 aromatic rings. The zero-order valence-corrected chi connectivity index (χ0v) is 20.1. The topological polar surface area (TPSA) is 84.9 Å². The van der Waals surface area contributed by atoms with E-state index >= 15 is 0 Å². The van der Waals surface area contributed by atoms with Crippen LogP contribution in [-0.2, 0) is 16.6 Å². The number of sulfonamides is 1. The van der Waals surface area contributed by atoms with Crippen LogP contribution in [0.2, 0.25) is 5.02 Å². The fourth-order valence-electron chi connectivity index (χ4n) is 3.15. The molecule has 0 aliphatic carbocycles. The Morgan fingerprint density at radius 2 is 1.79 bits per heavy atom. The molecule has 3 aromatic carbocycles. The number of carbonyl (C=O) groups excluding carboxylic acids is 1. The number of amides is 1. The van der Waals surface area contributed by atoms with Gasteiger partial charge in [-0.15, -0.1) is 0 Å². The van der Waals surface area contributed by atoms with Crippen molar-refractivity contribution in [2.75, 3.05) is 25.1 Å². The maximum atomic E-state index is 13.1. The quantitative estimate of drug-likeness (QED) is 0.479. The summed E-state index contributed by atoms with van der Waals surface area (Å²) >= 11 is 5.99. The summed E-state index contributed by atoms with van der Waals surface area (Å²) in [4.78, 5) is 12.7. The van der Waals surface area contributed by atoms with Gasteiger partial charge in [0, 0.05) is 24.2 Å². The van der Waals surface area contributed by atoms with E-state index in [1.165, 1.54) is 25.2 Å². The van der Waals surface area contributed by atoms with E-state index < -0.39 is 15.9 Å². The zero-order chi connectivity index (χ0) is 24.0. The Morgan fingerprint density at radius 1 is 1.03 bits per heavy atom. The molecule has 0 radical (unpaired) electrons. The number of nitrogens with one attached hydrogen (secondary N) is 1. The van der Waals surface area contributed by atoms with Crippen LogP contribution in [0.15, 0.2) is 71.6 Å². The van der Waals surface area contributed by atoms with Crippen molar-refractivity contribution in [3.63, 3.8) is 0 Å². The molecule has 7 nitrogen and oxygen atoms in total. The second-order valence-electron chi connectivity index (χ2n) is 7.08. The molecule has 174 valence electrons. The summed E-state index contributed by atoms with van der Waals surface area (Å²) in [5, 5.41) is 3.23. The molecule has 0 heterocycles. The SMILES string of the molecule is CCOc1ccc(CNC(=O)c2cccc(S(=O)(=O)N(C)c3cccc(Cl)c3)c2)cc1OC. The van der Waals surface area contributed by atoms with Crippen molar-refractivity contribution in [3.8, 4) is 11.5 Å². The molecule has 0 spiro atoms. The van der Waals surface area contributed by atoms with Gasteiger partial charge in [-0.3, -0.25) is 9.10 Å². The molecule has 0 saturated carbocycles. The Bertz CT molecular complexity index is 1250. The highest BCUT2D eigenvalue weighted by Crippen LogP contribution is 2.28. The van der Waals surface area contributed by atoms with Gasteiger partial charge < -0.3 is 14.8 Å². The molecule has 0 saturated heterocycles. The molecular weight excluding hydrogens is 464 g/mol. The highest BCUT2D eigenvalue weighted by molar-refractivity contribution is 7.92. The van der Waals surface area contributed by atoms with Crippen molar-refractivity contribution in [2.45, 2.75) is 18.4 Å². The van der Waals surface area contributed by atoms with Gasteiger partial charge in [-0.1, -0.05) is 29.8 Å². The van der Waals surface area contributed by atoms with Crippen molar-refractivity contribution in [3.05, 3.63) is 82.9 Å². The second kappa shape index (κ2) is 10.6. The molecule has 0 aliphatic rings. The summed E-state index contributed by atoms with van der Waals surface area (Å²) in [6.45, 7) is 2.63. The molecule has 1 N–H and O–H groups in total. The molecule has 0 unspecified atom stereocenters. The lowest BCUT2D eigenvalue weighted by molar-refractivity contribution is 0.0950. The zero-order valence-electron chi connectivity index (χ0n) is 18.5. The van der Waals surface area contributed by atoms with Gasteiger partial charge in [0.25, 0.3) is 15.9 Å². The smallest absolute Gasteiger partial charge is 0.264 e. The van der Waals surface area contributed by atoms with Gasteiger partial charge in [0.1, 0.15) is 0 Å². The van der Waals surface area contributed by atoms with Crippen LogP contribution in [0.25, 0.3) is 0 Å². The van der Waals surface area contributed by atoms with E-state index in [-0.39, 0.29) is 17.0 Å². The van der Waals surface area contributed by atoms with Gasteiger partial charge >= 0.3 is 0 Å². The molecule has 9 heteroatoms. The predicted octanol–water partition coefficient (Wildman–Crippen LogP) is 4.50. The van der Waals surface area contributed by atoms with Crippen LogP contribution in [0.5, 0.6) is 11.5 Å². The van der Waals surface area contributed by atoms with Crippen LogP contribution in [0.4, 0.5) is 5.69 Å². The molecule has 33 heavy (non-hydrogen) atoms. The maximum Gasteiger partial charge on any atom is 0.264 e. The highest BCUT2D eigenvalue weighted by Gasteiger charge is 2.22. The first-order valence-electron chi connectivity index (χ1n) is 10.2. The monoisotopic (exact) mass is 488 g/mol. The lowest BCUT2D eigenvalue weighted by Gasteiger charge is -2.20. The molecule has 1 amide bonds. The Kier molecular flexibility index (Phi) is 7.84. The van der Waals surface area contributed by atoms with Gasteiger partial charge in [0.2, 0.25) is 0 Å². The number of carbonyl (C=O) groups is 1. The molecule has 0 aromatic heterocycles. The van der Waals surface area contributed by atoms with Gasteiger partial charge in [-0.2, -0.15) is 0 Å². The lowest BCUT2D eigenvalue weighted by Crippen LogP contribution is -2.27. The Labute approximate surface area is 198 Å². The lowest BCUT2D eigenvalue weighted by atomic mass is 10.1. The molecular formula is C24H25ClN2O5S. The van der Waals surface area contributed by atoms with E-state index in [0.717, 1.165) is 9.87 Å². The molecule has 0 fully saturated rings. The third-order valence-corrected chi connectivity index (χ3v) is 6.92. The van der Waals surface area contributed by atoms with Crippen LogP contribution < -0.4 is 19.1 Å². The highest BCUT2D eigenvalue weighted by atomic mass is 35.5. The van der Waals surface area contributed by atoms with Crippen molar-refractivity contribution in [1.29, 1.82) is 0 Å². The minimum absolute atomic E-state index is 0.000335. The Morgan fingerprint density at radius 3 is 2.48 bits per heavy atom. The van der Waals surface area contributed by atoms with Gasteiger partial charge in [0.05, 0.1) is 24.3 Å². The van der Waals surface area contributed by atoms with E-state index in [1.807, 2.05) is 13.0 Å². The second-order valence-corrected chi connectivity index (χ2v) is 9.49. The van der Waals surface area contributed by atoms with Crippen molar-refractivity contribution < 1.29 is 22.7 Å². The predicted molar refractivity (Wildman–Crippen MR) is 129 cm³/mol. The molecule has 3 rings (SSSR count). The Hall–Kier alpha value is -3.23. The number of methoxy groups -OCH3 is 1. The minimum atomic E-state index is -3.89. The van der Waals surface area contributed by atoms with E-state index in [0.29, 0.717) is 28.8 Å². The average molecular weight is 489 g/mol. The van der Waals surface area contributed by atoms with Crippen molar-refractivity contribution in [2.24, 2.45) is 0 Å². The first-order valence-corrected chi connectivity index (χ1v) is 12.0. The summed E-state index contributed by atoms with van der Waals surface area (Å²) in [5.74, 6) is 0.794. The number of nitrogens with zero attached hydrogens (tertiary/aromatic N) is 1. The average Bonchev–Trinajstić information content (AvgIpc) is 2.82. The van der Waals surface area contributed by atoms with Crippen LogP contribution in [-0.4, -0.2) is 35.1 Å². The largest absolute Gasteiger partial charge is 0.493 e. The van der Waals surface area contributed by atoms with E-state index in [1.54, 1.807) is 49.6 Å². The number of halogens is 1. The third-order valence-electron chi connectivity index (χ3n) is 4.91. The summed E-state index contributed by atoms with van der Waals surface area (Å²) in [6.07, 6.45) is 0. The molecule has 0 bridgehead atoms. The normalized spacial score (nSPS) is 11.0. The maximum absolute atomic E-state index is 13.1. The van der Waals surface area contributed by atoms with Crippen molar-refractivity contribution in [1.82, 2.24) is 5.32 Å². The van der Waals surface area contributed by atoms with Crippen LogP contribution in [0.3, 0.4) is 0 Å². The van der Waals surface area contributed by atoms with Gasteiger partial charge in [-0.05, 0) is 61.0 Å². The first-order chi connectivity index (χ1) is 15.8. The molecule has 0 aliphatic heterocycles. The molecule has 0 atom stereocenters. The summed E-state index contributed by atoms with van der Waals surface area (Å²) in [5.41, 5.74) is 1.46. The summed E-state index contributed by atoms with van der Waals surface area (Å²) < 4.78 is 38.1. The minimum Gasteiger partial charge on any atom is -0.493 e. The van der Waals surface area contributed by atoms with Crippen LogP contribution >= 0.6 is 11.6 Å².